The minimum absolute atomic E-state index is 0.0534. The van der Waals surface area contributed by atoms with E-state index in [9.17, 15) is 14.4 Å². The minimum Gasteiger partial charge on any atom is -0.444 e. The highest BCUT2D eigenvalue weighted by Crippen LogP contribution is 2.19. The molecule has 1 unspecified atom stereocenters. The Balaban J connectivity index is 1.56. The normalized spacial score (nSPS) is 17.2. The Hall–Kier alpha value is -2.77. The van der Waals surface area contributed by atoms with E-state index in [1.807, 2.05) is 50.6 Å². The van der Waals surface area contributed by atoms with Gasteiger partial charge in [0.15, 0.2) is 0 Å². The summed E-state index contributed by atoms with van der Waals surface area (Å²) in [6, 6.07) is 3.86. The van der Waals surface area contributed by atoms with Crippen LogP contribution in [-0.2, 0) is 22.6 Å². The number of ether oxygens (including phenoxy) is 1. The first-order valence-corrected chi connectivity index (χ1v) is 10.6. The average Bonchev–Trinajstić information content (AvgIpc) is 3.12. The van der Waals surface area contributed by atoms with E-state index in [1.165, 1.54) is 0 Å². The third-order valence-corrected chi connectivity index (χ3v) is 5.33. The number of piperidine rings is 1. The third-order valence-electron chi connectivity index (χ3n) is 5.33. The molecule has 30 heavy (non-hydrogen) atoms. The van der Waals surface area contributed by atoms with Crippen molar-refractivity contribution in [2.45, 2.75) is 59.2 Å². The predicted octanol–water partition coefficient (Wildman–Crippen LogP) is 2.59. The molecule has 3 heterocycles. The van der Waals surface area contributed by atoms with E-state index >= 15 is 0 Å². The van der Waals surface area contributed by atoms with Gasteiger partial charge in [-0.1, -0.05) is 0 Å². The van der Waals surface area contributed by atoms with E-state index in [-0.39, 0.29) is 23.5 Å². The fourth-order valence-electron chi connectivity index (χ4n) is 3.81. The number of fused-ring (bicyclic) bond motifs is 1. The van der Waals surface area contributed by atoms with E-state index in [4.69, 9.17) is 4.74 Å². The van der Waals surface area contributed by atoms with Crippen molar-refractivity contribution >= 4 is 22.9 Å². The number of aryl methyl sites for hydroxylation is 1. The second-order valence-corrected chi connectivity index (χ2v) is 8.78. The molecular formula is C22H32N4O4. The highest BCUT2D eigenvalue weighted by atomic mass is 16.6. The summed E-state index contributed by atoms with van der Waals surface area (Å²) in [6.45, 7) is 9.94. The molecule has 2 amide bonds. The lowest BCUT2D eigenvalue weighted by Crippen LogP contribution is -2.47. The van der Waals surface area contributed by atoms with Gasteiger partial charge in [0.05, 0.1) is 5.92 Å². The van der Waals surface area contributed by atoms with Crippen molar-refractivity contribution in [3.8, 4) is 0 Å². The average molecular weight is 417 g/mol. The van der Waals surface area contributed by atoms with Crippen LogP contribution in [0.3, 0.4) is 0 Å². The number of pyridine rings is 1. The molecule has 1 N–H and O–H groups in total. The van der Waals surface area contributed by atoms with Gasteiger partial charge in [0, 0.05) is 50.5 Å². The van der Waals surface area contributed by atoms with Crippen molar-refractivity contribution in [1.82, 2.24) is 19.4 Å². The van der Waals surface area contributed by atoms with Crippen LogP contribution < -0.4 is 10.9 Å². The van der Waals surface area contributed by atoms with Gasteiger partial charge < -0.3 is 24.1 Å². The Kier molecular flexibility index (Phi) is 6.53. The van der Waals surface area contributed by atoms with Gasteiger partial charge in [0.25, 0.3) is 5.56 Å². The molecule has 0 radical (unpaired) electrons. The van der Waals surface area contributed by atoms with E-state index in [2.05, 4.69) is 5.32 Å². The fraction of sp³-hybridized carbons (Fsp3) is 0.591. The molecule has 0 saturated carbocycles. The highest BCUT2D eigenvalue weighted by molar-refractivity contribution is 5.80. The van der Waals surface area contributed by atoms with Crippen molar-refractivity contribution in [1.29, 1.82) is 0 Å². The molecule has 164 valence electrons. The molecular weight excluding hydrogens is 384 g/mol. The fourth-order valence-corrected chi connectivity index (χ4v) is 3.81. The van der Waals surface area contributed by atoms with Crippen molar-refractivity contribution in [3.63, 3.8) is 0 Å². The van der Waals surface area contributed by atoms with Crippen LogP contribution in [0.4, 0.5) is 4.79 Å². The van der Waals surface area contributed by atoms with Gasteiger partial charge in [-0.15, -0.1) is 0 Å². The van der Waals surface area contributed by atoms with Crippen LogP contribution in [0.1, 0.15) is 40.5 Å². The van der Waals surface area contributed by atoms with Gasteiger partial charge in [-0.3, -0.25) is 9.59 Å². The van der Waals surface area contributed by atoms with Crippen LogP contribution in [0.5, 0.6) is 0 Å². The number of rotatable bonds is 5. The number of nitrogens with zero attached hydrogens (tertiary/aromatic N) is 3. The zero-order chi connectivity index (χ0) is 21.9. The highest BCUT2D eigenvalue weighted by Gasteiger charge is 2.30. The molecule has 0 aromatic carbocycles. The lowest BCUT2D eigenvalue weighted by atomic mass is 9.97. The molecule has 0 spiro atoms. The van der Waals surface area contributed by atoms with Crippen molar-refractivity contribution in [2.75, 3.05) is 19.6 Å². The Morgan fingerprint density at radius 3 is 2.57 bits per heavy atom. The van der Waals surface area contributed by atoms with E-state index in [0.29, 0.717) is 31.7 Å². The van der Waals surface area contributed by atoms with Gasteiger partial charge in [-0.05, 0) is 52.7 Å². The molecule has 1 atom stereocenters. The van der Waals surface area contributed by atoms with Crippen LogP contribution in [-0.4, -0.2) is 51.3 Å². The number of carbonyl (C=O) groups is 2. The summed E-state index contributed by atoms with van der Waals surface area (Å²) < 4.78 is 8.98. The number of hydrogen-bond donors (Lipinski definition) is 1. The summed E-state index contributed by atoms with van der Waals surface area (Å²) in [7, 11) is 0. The molecule has 1 aliphatic rings. The molecule has 2 aromatic heterocycles. The summed E-state index contributed by atoms with van der Waals surface area (Å²) in [6.07, 6.45) is 4.81. The maximum Gasteiger partial charge on any atom is 0.410 e. The van der Waals surface area contributed by atoms with Gasteiger partial charge in [-0.25, -0.2) is 4.79 Å². The van der Waals surface area contributed by atoms with E-state index in [0.717, 1.165) is 24.8 Å². The maximum absolute atomic E-state index is 12.8. The van der Waals surface area contributed by atoms with Gasteiger partial charge in [0.2, 0.25) is 5.91 Å². The van der Waals surface area contributed by atoms with Crippen LogP contribution in [0.15, 0.2) is 29.3 Å². The third kappa shape index (κ3) is 5.04. The topological polar surface area (TPSA) is 85.6 Å². The van der Waals surface area contributed by atoms with Gasteiger partial charge in [-0.2, -0.15) is 0 Å². The first-order valence-electron chi connectivity index (χ1n) is 10.6. The Labute approximate surface area is 176 Å². The molecule has 3 rings (SSSR count). The minimum atomic E-state index is -0.557. The molecule has 8 nitrogen and oxygen atoms in total. The number of carbonyl (C=O) groups excluding carboxylic acids is 2. The second kappa shape index (κ2) is 8.93. The molecule has 8 heteroatoms. The lowest BCUT2D eigenvalue weighted by Gasteiger charge is -2.33. The molecule has 2 aromatic rings. The molecule has 1 saturated heterocycles. The Morgan fingerprint density at radius 1 is 1.20 bits per heavy atom. The molecule has 0 aliphatic carbocycles. The van der Waals surface area contributed by atoms with E-state index in [1.54, 1.807) is 15.7 Å². The summed E-state index contributed by atoms with van der Waals surface area (Å²) >= 11 is 0. The van der Waals surface area contributed by atoms with Crippen LogP contribution in [0.2, 0.25) is 0 Å². The SMILES string of the molecule is CCn1ccc2ccn(CCNC(=O)C3CCCN(C(=O)OC(C)(C)C)C3)c(=O)c21. The van der Waals surface area contributed by atoms with Gasteiger partial charge >= 0.3 is 6.09 Å². The first-order chi connectivity index (χ1) is 14.2. The number of amides is 2. The van der Waals surface area contributed by atoms with Crippen molar-refractivity contribution in [3.05, 3.63) is 34.9 Å². The second-order valence-electron chi connectivity index (χ2n) is 8.78. The number of aromatic nitrogens is 2. The van der Waals surface area contributed by atoms with Crippen LogP contribution >= 0.6 is 0 Å². The lowest BCUT2D eigenvalue weighted by molar-refractivity contribution is -0.126. The largest absolute Gasteiger partial charge is 0.444 e. The summed E-state index contributed by atoms with van der Waals surface area (Å²) in [5, 5.41) is 3.84. The smallest absolute Gasteiger partial charge is 0.410 e. The number of nitrogens with one attached hydrogen (secondary N) is 1. The summed E-state index contributed by atoms with van der Waals surface area (Å²) in [5.74, 6) is -0.350. The standard InChI is InChI=1S/C22H32N4O4/c1-5-24-12-8-16-9-13-25(20(28)18(16)24)14-10-23-19(27)17-7-6-11-26(15-17)21(29)30-22(2,3)4/h8-9,12-13,17H,5-7,10-11,14-15H2,1-4H3,(H,23,27). The zero-order valence-electron chi connectivity index (χ0n) is 18.3. The number of likely N-dealkylation sites (tertiary alicyclic amines) is 1. The monoisotopic (exact) mass is 416 g/mol. The molecule has 1 aliphatic heterocycles. The Morgan fingerprint density at radius 2 is 1.90 bits per heavy atom. The maximum atomic E-state index is 12.8. The molecule has 0 bridgehead atoms. The number of hydrogen-bond acceptors (Lipinski definition) is 4. The van der Waals surface area contributed by atoms with E-state index < -0.39 is 5.60 Å². The summed E-state index contributed by atoms with van der Waals surface area (Å²) in [4.78, 5) is 39.3. The Bertz CT molecular complexity index is 970. The van der Waals surface area contributed by atoms with Crippen molar-refractivity contribution in [2.24, 2.45) is 5.92 Å². The summed E-state index contributed by atoms with van der Waals surface area (Å²) in [5.41, 5.74) is 0.0761. The zero-order valence-corrected chi connectivity index (χ0v) is 18.3. The first kappa shape index (κ1) is 21.9. The molecule has 1 fully saturated rings. The predicted molar refractivity (Wildman–Crippen MR) is 115 cm³/mol. The van der Waals surface area contributed by atoms with Crippen LogP contribution in [0, 0.1) is 5.92 Å². The quantitative estimate of drug-likeness (QED) is 0.812. The van der Waals surface area contributed by atoms with Crippen molar-refractivity contribution < 1.29 is 14.3 Å². The van der Waals surface area contributed by atoms with Gasteiger partial charge in [0.1, 0.15) is 11.1 Å². The van der Waals surface area contributed by atoms with Crippen LogP contribution in [0.25, 0.3) is 10.9 Å².